The van der Waals surface area contributed by atoms with E-state index in [1.54, 1.807) is 23.1 Å². The van der Waals surface area contributed by atoms with Crippen molar-refractivity contribution in [3.05, 3.63) is 18.0 Å². The Bertz CT molecular complexity index is 387. The van der Waals surface area contributed by atoms with Gasteiger partial charge < -0.3 is 15.0 Å². The first kappa shape index (κ1) is 11.8. The number of carbonyl (C=O) groups excluding carboxylic acids is 1. The lowest BCUT2D eigenvalue weighted by Crippen LogP contribution is -2.13. The van der Waals surface area contributed by atoms with E-state index in [0.717, 1.165) is 0 Å². The Balaban J connectivity index is 2.86. The maximum Gasteiger partial charge on any atom is 0.354 e. The molecule has 1 unspecified atom stereocenters. The van der Waals surface area contributed by atoms with Gasteiger partial charge in [0.1, 0.15) is 5.69 Å². The molecule has 1 heterocycles. The molecule has 0 saturated carbocycles. The molecule has 15 heavy (non-hydrogen) atoms. The first-order valence-electron chi connectivity index (χ1n) is 4.38. The highest BCUT2D eigenvalue weighted by Crippen LogP contribution is 2.11. The number of aryl methyl sites for hydroxylation is 1. The van der Waals surface area contributed by atoms with E-state index in [4.69, 9.17) is 5.73 Å². The molecule has 5 nitrogen and oxygen atoms in total. The smallest absolute Gasteiger partial charge is 0.354 e. The molecule has 0 aromatic carbocycles. The zero-order valence-corrected chi connectivity index (χ0v) is 9.54. The molecule has 0 bridgehead atoms. The lowest BCUT2D eigenvalue weighted by molar-refractivity contribution is 0.0588. The van der Waals surface area contributed by atoms with Gasteiger partial charge in [0, 0.05) is 35.5 Å². The summed E-state index contributed by atoms with van der Waals surface area (Å²) in [5.74, 6) is 0.0477. The van der Waals surface area contributed by atoms with E-state index in [2.05, 4.69) is 4.74 Å². The fourth-order valence-electron chi connectivity index (χ4n) is 1.22. The molecule has 0 aliphatic heterocycles. The van der Waals surface area contributed by atoms with Gasteiger partial charge in [0.25, 0.3) is 0 Å². The second kappa shape index (κ2) is 4.97. The molecule has 0 fully saturated rings. The van der Waals surface area contributed by atoms with Crippen LogP contribution in [0.25, 0.3) is 0 Å². The van der Waals surface area contributed by atoms with E-state index in [1.807, 2.05) is 0 Å². The van der Waals surface area contributed by atoms with E-state index in [9.17, 15) is 9.00 Å². The molecule has 1 aromatic heterocycles. The van der Waals surface area contributed by atoms with E-state index < -0.39 is 16.8 Å². The molecule has 1 aromatic rings. The van der Waals surface area contributed by atoms with Crippen LogP contribution in [0.15, 0.2) is 12.3 Å². The quantitative estimate of drug-likeness (QED) is 0.752. The fourth-order valence-corrected chi connectivity index (χ4v) is 1.67. The van der Waals surface area contributed by atoms with Gasteiger partial charge in [0.05, 0.1) is 12.8 Å². The third-order valence-electron chi connectivity index (χ3n) is 1.93. The standard InChI is InChI=1S/C9H14N2O3S/c1-14-9(12)8-5-7(10)6-11(8)3-4-15(2)13/h5-6H,3-4,10H2,1-2H3. The third-order valence-corrected chi connectivity index (χ3v) is 2.69. The number of nitrogens with zero attached hydrogens (tertiary/aromatic N) is 1. The minimum Gasteiger partial charge on any atom is -0.464 e. The minimum absolute atomic E-state index is 0.389. The van der Waals surface area contributed by atoms with Gasteiger partial charge in [-0.1, -0.05) is 0 Å². The van der Waals surface area contributed by atoms with Crippen LogP contribution >= 0.6 is 0 Å². The van der Waals surface area contributed by atoms with Crippen LogP contribution in [-0.4, -0.2) is 33.9 Å². The van der Waals surface area contributed by atoms with Crippen LogP contribution in [0, 0.1) is 0 Å². The molecule has 84 valence electrons. The van der Waals surface area contributed by atoms with E-state index in [0.29, 0.717) is 23.7 Å². The Morgan fingerprint density at radius 2 is 2.33 bits per heavy atom. The molecule has 6 heteroatoms. The summed E-state index contributed by atoms with van der Waals surface area (Å²) < 4.78 is 17.2. The summed E-state index contributed by atoms with van der Waals surface area (Å²) in [4.78, 5) is 11.3. The second-order valence-electron chi connectivity index (χ2n) is 3.12. The number of hydrogen-bond donors (Lipinski definition) is 1. The van der Waals surface area contributed by atoms with Crippen molar-refractivity contribution < 1.29 is 13.7 Å². The summed E-state index contributed by atoms with van der Waals surface area (Å²) in [7, 11) is 0.419. The second-order valence-corrected chi connectivity index (χ2v) is 4.68. The molecule has 1 rings (SSSR count). The number of ether oxygens (including phenoxy) is 1. The fraction of sp³-hybridized carbons (Fsp3) is 0.444. The highest BCUT2D eigenvalue weighted by molar-refractivity contribution is 7.84. The molecule has 0 aliphatic rings. The van der Waals surface area contributed by atoms with Crippen LogP contribution in [0.5, 0.6) is 0 Å². The minimum atomic E-state index is -0.894. The molecular formula is C9H14N2O3S. The first-order chi connectivity index (χ1) is 7.04. The molecule has 0 saturated heterocycles. The Hall–Kier alpha value is -1.30. The normalized spacial score (nSPS) is 12.4. The summed E-state index contributed by atoms with van der Waals surface area (Å²) in [6, 6.07) is 1.55. The summed E-state index contributed by atoms with van der Waals surface area (Å²) in [6.07, 6.45) is 3.25. The average molecular weight is 230 g/mol. The van der Waals surface area contributed by atoms with Crippen molar-refractivity contribution in [1.29, 1.82) is 0 Å². The molecular weight excluding hydrogens is 216 g/mol. The highest BCUT2D eigenvalue weighted by Gasteiger charge is 2.12. The molecule has 1 atom stereocenters. The van der Waals surface area contributed by atoms with Crippen LogP contribution in [0.4, 0.5) is 5.69 Å². The molecule has 0 spiro atoms. The third kappa shape index (κ3) is 3.09. The van der Waals surface area contributed by atoms with Gasteiger partial charge in [-0.3, -0.25) is 4.21 Å². The van der Waals surface area contributed by atoms with Gasteiger partial charge in [0.15, 0.2) is 0 Å². The van der Waals surface area contributed by atoms with Crippen molar-refractivity contribution in [2.24, 2.45) is 0 Å². The first-order valence-corrected chi connectivity index (χ1v) is 6.11. The number of methoxy groups -OCH3 is 1. The lowest BCUT2D eigenvalue weighted by atomic mass is 10.4. The molecule has 0 aliphatic carbocycles. The van der Waals surface area contributed by atoms with Crippen molar-refractivity contribution in [2.75, 3.05) is 24.9 Å². The Morgan fingerprint density at radius 1 is 1.67 bits per heavy atom. The number of rotatable bonds is 4. The van der Waals surface area contributed by atoms with Crippen molar-refractivity contribution in [2.45, 2.75) is 6.54 Å². The lowest BCUT2D eigenvalue weighted by Gasteiger charge is -2.05. The van der Waals surface area contributed by atoms with Crippen molar-refractivity contribution in [3.8, 4) is 0 Å². The molecule has 0 radical (unpaired) electrons. The van der Waals surface area contributed by atoms with Gasteiger partial charge in [-0.05, 0) is 6.07 Å². The highest BCUT2D eigenvalue weighted by atomic mass is 32.2. The zero-order valence-electron chi connectivity index (χ0n) is 8.73. The molecule has 0 amide bonds. The van der Waals surface area contributed by atoms with E-state index >= 15 is 0 Å². The average Bonchev–Trinajstić information content (AvgIpc) is 2.55. The Labute approximate surface area is 90.7 Å². The number of nitrogens with two attached hydrogens (primary N) is 1. The van der Waals surface area contributed by atoms with Gasteiger partial charge in [0.2, 0.25) is 0 Å². The molecule has 2 N–H and O–H groups in total. The van der Waals surface area contributed by atoms with Crippen LogP contribution in [0.3, 0.4) is 0 Å². The van der Waals surface area contributed by atoms with Gasteiger partial charge >= 0.3 is 5.97 Å². The Morgan fingerprint density at radius 3 is 2.87 bits per heavy atom. The zero-order chi connectivity index (χ0) is 11.4. The monoisotopic (exact) mass is 230 g/mol. The largest absolute Gasteiger partial charge is 0.464 e. The van der Waals surface area contributed by atoms with Crippen LogP contribution in [-0.2, 0) is 22.1 Å². The van der Waals surface area contributed by atoms with Crippen LogP contribution < -0.4 is 5.73 Å². The maximum atomic E-state index is 11.3. The number of carbonyl (C=O) groups is 1. The topological polar surface area (TPSA) is 74.3 Å². The van der Waals surface area contributed by atoms with Gasteiger partial charge in [-0.25, -0.2) is 4.79 Å². The summed E-state index contributed by atoms with van der Waals surface area (Å²) in [6.45, 7) is 0.491. The summed E-state index contributed by atoms with van der Waals surface area (Å²) >= 11 is 0. The Kier molecular flexibility index (Phi) is 3.90. The SMILES string of the molecule is COC(=O)c1cc(N)cn1CCS(C)=O. The summed E-state index contributed by atoms with van der Waals surface area (Å²) in [5.41, 5.74) is 6.46. The maximum absolute atomic E-state index is 11.3. The van der Waals surface area contributed by atoms with Crippen molar-refractivity contribution in [1.82, 2.24) is 4.57 Å². The van der Waals surface area contributed by atoms with Crippen LogP contribution in [0.2, 0.25) is 0 Å². The van der Waals surface area contributed by atoms with E-state index in [1.165, 1.54) is 7.11 Å². The summed E-state index contributed by atoms with van der Waals surface area (Å²) in [5, 5.41) is 0. The van der Waals surface area contributed by atoms with Crippen LogP contribution in [0.1, 0.15) is 10.5 Å². The van der Waals surface area contributed by atoms with Crippen molar-refractivity contribution >= 4 is 22.5 Å². The number of anilines is 1. The van der Waals surface area contributed by atoms with Crippen molar-refractivity contribution in [3.63, 3.8) is 0 Å². The number of nitrogen functional groups attached to an aromatic ring is 1. The number of esters is 1. The van der Waals surface area contributed by atoms with Gasteiger partial charge in [-0.2, -0.15) is 0 Å². The predicted octanol–water partition coefficient (Wildman–Crippen LogP) is 0.235. The number of aromatic nitrogens is 1. The van der Waals surface area contributed by atoms with E-state index in [-0.39, 0.29) is 0 Å². The van der Waals surface area contributed by atoms with Gasteiger partial charge in [-0.15, -0.1) is 0 Å². The number of hydrogen-bond acceptors (Lipinski definition) is 4. The predicted molar refractivity (Wildman–Crippen MR) is 59.1 cm³/mol.